The molecule has 0 fully saturated rings. The number of hydrogen-bond donors (Lipinski definition) is 2. The lowest BCUT2D eigenvalue weighted by Crippen LogP contribution is -2.14. The minimum Gasteiger partial charge on any atom is -0.398 e. The Hall–Kier alpha value is -1.12. The molecule has 0 aliphatic rings. The van der Waals surface area contributed by atoms with Gasteiger partial charge in [0.15, 0.2) is 0 Å². The average Bonchev–Trinajstić information content (AvgIpc) is 2.39. The van der Waals surface area contributed by atoms with Gasteiger partial charge in [-0.3, -0.25) is 4.72 Å². The van der Waals surface area contributed by atoms with Gasteiger partial charge in [0.2, 0.25) is 0 Å². The number of rotatable bonds is 3. The summed E-state index contributed by atoms with van der Waals surface area (Å²) in [5, 5.41) is 0. The summed E-state index contributed by atoms with van der Waals surface area (Å²) in [4.78, 5) is 0.0587. The van der Waals surface area contributed by atoms with Crippen molar-refractivity contribution in [3.05, 3.63) is 50.7 Å². The van der Waals surface area contributed by atoms with Gasteiger partial charge in [0.05, 0.1) is 15.1 Å². The van der Waals surface area contributed by atoms with Crippen LogP contribution in [-0.2, 0) is 10.0 Å². The zero-order chi connectivity index (χ0) is 15.8. The first-order chi connectivity index (χ1) is 9.70. The highest BCUT2D eigenvalue weighted by Crippen LogP contribution is 2.28. The van der Waals surface area contributed by atoms with Crippen molar-refractivity contribution in [1.29, 1.82) is 0 Å². The van der Waals surface area contributed by atoms with Gasteiger partial charge in [0, 0.05) is 10.2 Å². The van der Waals surface area contributed by atoms with Crippen LogP contribution in [0.2, 0.25) is 0 Å². The zero-order valence-electron chi connectivity index (χ0n) is 10.8. The van der Waals surface area contributed by atoms with E-state index in [0.717, 1.165) is 0 Å². The molecule has 2 aromatic rings. The Morgan fingerprint density at radius 3 is 2.43 bits per heavy atom. The lowest BCUT2D eigenvalue weighted by atomic mass is 10.2. The van der Waals surface area contributed by atoms with Crippen molar-refractivity contribution in [2.45, 2.75) is 11.8 Å². The van der Waals surface area contributed by atoms with E-state index in [-0.39, 0.29) is 9.37 Å². The van der Waals surface area contributed by atoms with Crippen LogP contribution in [0, 0.1) is 12.7 Å². The first-order valence-corrected chi connectivity index (χ1v) is 8.81. The molecule has 0 aromatic heterocycles. The van der Waals surface area contributed by atoms with Gasteiger partial charge in [0.25, 0.3) is 10.0 Å². The largest absolute Gasteiger partial charge is 0.398 e. The van der Waals surface area contributed by atoms with Crippen LogP contribution in [0.1, 0.15) is 5.56 Å². The van der Waals surface area contributed by atoms with E-state index >= 15 is 0 Å². The fourth-order valence-electron chi connectivity index (χ4n) is 1.63. The van der Waals surface area contributed by atoms with Crippen LogP contribution >= 0.6 is 31.9 Å². The second-order valence-corrected chi connectivity index (χ2v) is 7.76. The molecule has 0 saturated carbocycles. The number of aryl methyl sites for hydroxylation is 1. The van der Waals surface area contributed by atoms with E-state index in [2.05, 4.69) is 36.6 Å². The van der Waals surface area contributed by atoms with Crippen molar-refractivity contribution >= 4 is 53.3 Å². The van der Waals surface area contributed by atoms with Crippen molar-refractivity contribution in [1.82, 2.24) is 0 Å². The topological polar surface area (TPSA) is 72.2 Å². The Morgan fingerprint density at radius 1 is 1.14 bits per heavy atom. The van der Waals surface area contributed by atoms with Gasteiger partial charge in [-0.05, 0) is 74.7 Å². The maximum Gasteiger partial charge on any atom is 0.261 e. The van der Waals surface area contributed by atoms with E-state index in [1.54, 1.807) is 6.92 Å². The van der Waals surface area contributed by atoms with Crippen LogP contribution in [0.5, 0.6) is 0 Å². The molecule has 0 aliphatic carbocycles. The van der Waals surface area contributed by atoms with Gasteiger partial charge in [0.1, 0.15) is 5.82 Å². The minimum absolute atomic E-state index is 0.0587. The average molecular weight is 438 g/mol. The summed E-state index contributed by atoms with van der Waals surface area (Å²) < 4.78 is 41.1. The fraction of sp³-hybridized carbons (Fsp3) is 0.0769. The number of hydrogen-bond acceptors (Lipinski definition) is 3. The van der Waals surface area contributed by atoms with Crippen LogP contribution in [0.15, 0.2) is 44.2 Å². The van der Waals surface area contributed by atoms with Gasteiger partial charge in [-0.2, -0.15) is 0 Å². The van der Waals surface area contributed by atoms with E-state index in [1.165, 1.54) is 30.3 Å². The van der Waals surface area contributed by atoms with Crippen LogP contribution in [0.25, 0.3) is 0 Å². The maximum absolute atomic E-state index is 13.4. The molecule has 0 bridgehead atoms. The molecule has 2 aromatic carbocycles. The fourth-order valence-corrected chi connectivity index (χ4v) is 3.66. The van der Waals surface area contributed by atoms with Crippen molar-refractivity contribution < 1.29 is 12.8 Å². The molecule has 3 N–H and O–H groups in total. The summed E-state index contributed by atoms with van der Waals surface area (Å²) in [6.45, 7) is 1.62. The monoisotopic (exact) mass is 436 g/mol. The summed E-state index contributed by atoms with van der Waals surface area (Å²) in [5.74, 6) is -0.453. The first kappa shape index (κ1) is 16.3. The molecule has 4 nitrogen and oxygen atoms in total. The molecule has 0 spiro atoms. The van der Waals surface area contributed by atoms with Crippen LogP contribution in [0.3, 0.4) is 0 Å². The smallest absolute Gasteiger partial charge is 0.261 e. The van der Waals surface area contributed by atoms with E-state index in [4.69, 9.17) is 5.73 Å². The Labute approximate surface area is 138 Å². The predicted molar refractivity (Wildman–Crippen MR) is 88.2 cm³/mol. The second kappa shape index (κ2) is 5.94. The Bertz CT molecular complexity index is 810. The maximum atomic E-state index is 13.4. The lowest BCUT2D eigenvalue weighted by molar-refractivity contribution is 0.600. The van der Waals surface area contributed by atoms with Gasteiger partial charge >= 0.3 is 0 Å². The molecule has 0 amide bonds. The second-order valence-electron chi connectivity index (χ2n) is 4.37. The Kier molecular flexibility index (Phi) is 4.60. The standard InChI is InChI=1S/C13H11Br2FN2O2S/c1-7-4-11(16)9(14)6-13(7)18-21(19,20)8-2-3-12(17)10(15)5-8/h2-6,18H,17H2,1H3. The predicted octanol–water partition coefficient (Wildman–Crippen LogP) is 4.04. The van der Waals surface area contributed by atoms with Crippen LogP contribution in [-0.4, -0.2) is 8.42 Å². The highest BCUT2D eigenvalue weighted by atomic mass is 79.9. The first-order valence-electron chi connectivity index (χ1n) is 5.74. The molecule has 8 heteroatoms. The SMILES string of the molecule is Cc1cc(F)c(Br)cc1NS(=O)(=O)c1ccc(N)c(Br)c1. The van der Waals surface area contributed by atoms with Crippen LogP contribution in [0.4, 0.5) is 15.8 Å². The normalized spacial score (nSPS) is 11.4. The third-order valence-electron chi connectivity index (χ3n) is 2.79. The van der Waals surface area contributed by atoms with Crippen LogP contribution < -0.4 is 10.5 Å². The minimum atomic E-state index is -3.78. The summed E-state index contributed by atoms with van der Waals surface area (Å²) in [7, 11) is -3.78. The number of nitrogens with two attached hydrogens (primary N) is 1. The van der Waals surface area contributed by atoms with E-state index in [0.29, 0.717) is 21.4 Å². The summed E-state index contributed by atoms with van der Waals surface area (Å²) >= 11 is 6.22. The molecule has 0 atom stereocenters. The van der Waals surface area contributed by atoms with Crippen molar-refractivity contribution in [2.24, 2.45) is 0 Å². The van der Waals surface area contributed by atoms with Gasteiger partial charge in [-0.15, -0.1) is 0 Å². The Morgan fingerprint density at radius 2 is 1.81 bits per heavy atom. The summed E-state index contributed by atoms with van der Waals surface area (Å²) in [6, 6.07) is 6.93. The number of nitrogen functional groups attached to an aromatic ring is 1. The lowest BCUT2D eigenvalue weighted by Gasteiger charge is -2.12. The quantitative estimate of drug-likeness (QED) is 0.711. The van der Waals surface area contributed by atoms with Gasteiger partial charge in [-0.1, -0.05) is 0 Å². The molecule has 0 radical (unpaired) electrons. The molecule has 0 aliphatic heterocycles. The number of benzene rings is 2. The van der Waals surface area contributed by atoms with Crippen molar-refractivity contribution in [2.75, 3.05) is 10.5 Å². The third-order valence-corrected chi connectivity index (χ3v) is 5.45. The molecular weight excluding hydrogens is 427 g/mol. The highest BCUT2D eigenvalue weighted by Gasteiger charge is 2.17. The molecule has 0 heterocycles. The van der Waals surface area contributed by atoms with Crippen molar-refractivity contribution in [3.63, 3.8) is 0 Å². The molecule has 112 valence electrons. The number of halogens is 3. The summed E-state index contributed by atoms with van der Waals surface area (Å²) in [5.41, 5.74) is 6.86. The Balaban J connectivity index is 2.42. The van der Waals surface area contributed by atoms with E-state index in [1.807, 2.05) is 0 Å². The highest BCUT2D eigenvalue weighted by molar-refractivity contribution is 9.10. The molecule has 21 heavy (non-hydrogen) atoms. The molecule has 0 saturated heterocycles. The zero-order valence-corrected chi connectivity index (χ0v) is 14.8. The van der Waals surface area contributed by atoms with E-state index < -0.39 is 15.8 Å². The van der Waals surface area contributed by atoms with E-state index in [9.17, 15) is 12.8 Å². The third kappa shape index (κ3) is 3.56. The number of anilines is 2. The van der Waals surface area contributed by atoms with Gasteiger partial charge < -0.3 is 5.73 Å². The molecular formula is C13H11Br2FN2O2S. The molecule has 2 rings (SSSR count). The van der Waals surface area contributed by atoms with Crippen molar-refractivity contribution in [3.8, 4) is 0 Å². The van der Waals surface area contributed by atoms with Gasteiger partial charge in [-0.25, -0.2) is 12.8 Å². The number of nitrogens with one attached hydrogen (secondary N) is 1. The summed E-state index contributed by atoms with van der Waals surface area (Å²) in [6.07, 6.45) is 0. The number of sulfonamides is 1. The molecule has 0 unspecified atom stereocenters.